The fourth-order valence-electron chi connectivity index (χ4n) is 2.79. The number of rotatable bonds is 3. The lowest BCUT2D eigenvalue weighted by Gasteiger charge is -2.17. The Morgan fingerprint density at radius 2 is 1.88 bits per heavy atom. The van der Waals surface area contributed by atoms with E-state index in [0.29, 0.717) is 12.6 Å². The smallest absolute Gasteiger partial charge is 0.315 e. The van der Waals surface area contributed by atoms with Crippen molar-refractivity contribution in [3.8, 4) is 0 Å². The first-order chi connectivity index (χ1) is 7.75. The maximum absolute atomic E-state index is 11.6. The van der Waals surface area contributed by atoms with Crippen molar-refractivity contribution in [3.05, 3.63) is 0 Å². The molecule has 0 aromatic carbocycles. The SMILES string of the molecule is O=C(NCC1CCCC1O)NC1CCCC1. The standard InChI is InChI=1S/C12H22N2O2/c15-11-7-3-4-9(11)8-13-12(16)14-10-5-1-2-6-10/h9-11,15H,1-8H2,(H2,13,14,16). The van der Waals surface area contributed by atoms with Crippen LogP contribution in [-0.2, 0) is 0 Å². The van der Waals surface area contributed by atoms with Crippen molar-refractivity contribution in [2.45, 2.75) is 57.1 Å². The second-order valence-corrected chi connectivity index (χ2v) is 5.09. The monoisotopic (exact) mass is 226 g/mol. The summed E-state index contributed by atoms with van der Waals surface area (Å²) in [4.78, 5) is 11.6. The van der Waals surface area contributed by atoms with Crippen molar-refractivity contribution in [1.29, 1.82) is 0 Å². The van der Waals surface area contributed by atoms with Crippen molar-refractivity contribution in [2.75, 3.05) is 6.54 Å². The van der Waals surface area contributed by atoms with Gasteiger partial charge in [-0.15, -0.1) is 0 Å². The Morgan fingerprint density at radius 3 is 2.50 bits per heavy atom. The van der Waals surface area contributed by atoms with E-state index in [1.807, 2.05) is 0 Å². The van der Waals surface area contributed by atoms with Crippen LogP contribution in [0.4, 0.5) is 4.79 Å². The predicted molar refractivity (Wildman–Crippen MR) is 62.1 cm³/mol. The Balaban J connectivity index is 1.63. The predicted octanol–water partition coefficient (Wildman–Crippen LogP) is 1.39. The summed E-state index contributed by atoms with van der Waals surface area (Å²) in [7, 11) is 0. The Kier molecular flexibility index (Phi) is 4.04. The third kappa shape index (κ3) is 3.11. The van der Waals surface area contributed by atoms with Gasteiger partial charge in [0.2, 0.25) is 0 Å². The van der Waals surface area contributed by atoms with Crippen LogP contribution in [0.1, 0.15) is 44.9 Å². The first-order valence-electron chi connectivity index (χ1n) is 6.48. The number of hydrogen-bond donors (Lipinski definition) is 3. The second kappa shape index (κ2) is 5.53. The second-order valence-electron chi connectivity index (χ2n) is 5.09. The number of carbonyl (C=O) groups is 1. The molecule has 0 aliphatic heterocycles. The van der Waals surface area contributed by atoms with E-state index in [2.05, 4.69) is 10.6 Å². The Labute approximate surface area is 96.8 Å². The molecular formula is C12H22N2O2. The lowest BCUT2D eigenvalue weighted by molar-refractivity contribution is 0.132. The highest BCUT2D eigenvalue weighted by Gasteiger charge is 2.25. The number of aliphatic hydroxyl groups excluding tert-OH is 1. The maximum atomic E-state index is 11.6. The van der Waals surface area contributed by atoms with Gasteiger partial charge in [-0.1, -0.05) is 19.3 Å². The van der Waals surface area contributed by atoms with E-state index in [9.17, 15) is 9.90 Å². The van der Waals surface area contributed by atoms with Gasteiger partial charge in [0.1, 0.15) is 0 Å². The van der Waals surface area contributed by atoms with Crippen LogP contribution in [0.5, 0.6) is 0 Å². The first kappa shape index (κ1) is 11.7. The molecule has 4 nitrogen and oxygen atoms in total. The van der Waals surface area contributed by atoms with Crippen molar-refractivity contribution in [1.82, 2.24) is 10.6 Å². The molecule has 2 unspecified atom stereocenters. The van der Waals surface area contributed by atoms with Gasteiger partial charge in [0.25, 0.3) is 0 Å². The van der Waals surface area contributed by atoms with Crippen molar-refractivity contribution in [2.24, 2.45) is 5.92 Å². The zero-order valence-electron chi connectivity index (χ0n) is 9.74. The van der Waals surface area contributed by atoms with E-state index in [1.165, 1.54) is 12.8 Å². The summed E-state index contributed by atoms with van der Waals surface area (Å²) in [5, 5.41) is 15.5. The minimum atomic E-state index is -0.216. The lowest BCUT2D eigenvalue weighted by Crippen LogP contribution is -2.43. The fraction of sp³-hybridized carbons (Fsp3) is 0.917. The highest BCUT2D eigenvalue weighted by molar-refractivity contribution is 5.74. The summed E-state index contributed by atoms with van der Waals surface area (Å²) in [6.07, 6.45) is 7.46. The van der Waals surface area contributed by atoms with Crippen LogP contribution >= 0.6 is 0 Å². The van der Waals surface area contributed by atoms with Crippen LogP contribution in [0, 0.1) is 5.92 Å². The highest BCUT2D eigenvalue weighted by atomic mass is 16.3. The minimum Gasteiger partial charge on any atom is -0.393 e. The molecule has 2 atom stereocenters. The molecule has 0 saturated heterocycles. The highest BCUT2D eigenvalue weighted by Crippen LogP contribution is 2.24. The molecule has 2 aliphatic carbocycles. The zero-order valence-corrected chi connectivity index (χ0v) is 9.74. The molecule has 0 heterocycles. The van der Waals surface area contributed by atoms with Crippen LogP contribution in [-0.4, -0.2) is 29.8 Å². The molecule has 2 amide bonds. The third-order valence-corrected chi connectivity index (χ3v) is 3.83. The van der Waals surface area contributed by atoms with Gasteiger partial charge in [0.05, 0.1) is 6.10 Å². The summed E-state index contributed by atoms with van der Waals surface area (Å²) in [5.41, 5.74) is 0. The van der Waals surface area contributed by atoms with Gasteiger partial charge in [-0.2, -0.15) is 0 Å². The summed E-state index contributed by atoms with van der Waals surface area (Å²) < 4.78 is 0. The van der Waals surface area contributed by atoms with Crippen molar-refractivity contribution >= 4 is 6.03 Å². The third-order valence-electron chi connectivity index (χ3n) is 3.83. The summed E-state index contributed by atoms with van der Waals surface area (Å²) in [5.74, 6) is 0.259. The Bertz CT molecular complexity index is 239. The Morgan fingerprint density at radius 1 is 1.12 bits per heavy atom. The van der Waals surface area contributed by atoms with Gasteiger partial charge < -0.3 is 15.7 Å². The van der Waals surface area contributed by atoms with Crippen molar-refractivity contribution < 1.29 is 9.90 Å². The van der Waals surface area contributed by atoms with E-state index in [4.69, 9.17) is 0 Å². The average molecular weight is 226 g/mol. The van der Waals surface area contributed by atoms with Gasteiger partial charge >= 0.3 is 6.03 Å². The quantitative estimate of drug-likeness (QED) is 0.681. The summed E-state index contributed by atoms with van der Waals surface area (Å²) >= 11 is 0. The average Bonchev–Trinajstić information content (AvgIpc) is 2.87. The fourth-order valence-corrected chi connectivity index (χ4v) is 2.79. The number of urea groups is 1. The molecule has 2 aliphatic rings. The molecule has 2 rings (SSSR count). The summed E-state index contributed by atoms with van der Waals surface area (Å²) in [6, 6.07) is 0.305. The molecule has 0 aromatic heterocycles. The molecule has 0 spiro atoms. The van der Waals surface area contributed by atoms with Crippen LogP contribution in [0.2, 0.25) is 0 Å². The van der Waals surface area contributed by atoms with E-state index >= 15 is 0 Å². The molecule has 92 valence electrons. The topological polar surface area (TPSA) is 61.4 Å². The lowest BCUT2D eigenvalue weighted by atomic mass is 10.1. The molecule has 3 N–H and O–H groups in total. The number of aliphatic hydroxyl groups is 1. The molecular weight excluding hydrogens is 204 g/mol. The number of amides is 2. The van der Waals surface area contributed by atoms with Crippen LogP contribution in [0.15, 0.2) is 0 Å². The largest absolute Gasteiger partial charge is 0.393 e. The first-order valence-corrected chi connectivity index (χ1v) is 6.48. The van der Waals surface area contributed by atoms with E-state index in [-0.39, 0.29) is 18.1 Å². The number of carbonyl (C=O) groups excluding carboxylic acids is 1. The van der Waals surface area contributed by atoms with Crippen LogP contribution < -0.4 is 10.6 Å². The van der Waals surface area contributed by atoms with Gasteiger partial charge in [0.15, 0.2) is 0 Å². The maximum Gasteiger partial charge on any atom is 0.315 e. The molecule has 0 bridgehead atoms. The number of hydrogen-bond acceptors (Lipinski definition) is 2. The van der Waals surface area contributed by atoms with Crippen LogP contribution in [0.25, 0.3) is 0 Å². The van der Waals surface area contributed by atoms with Crippen molar-refractivity contribution in [3.63, 3.8) is 0 Å². The molecule has 2 saturated carbocycles. The molecule has 4 heteroatoms. The minimum absolute atomic E-state index is 0.0639. The van der Waals surface area contributed by atoms with E-state index in [1.54, 1.807) is 0 Å². The Hall–Kier alpha value is -0.770. The van der Waals surface area contributed by atoms with Crippen LogP contribution in [0.3, 0.4) is 0 Å². The van der Waals surface area contributed by atoms with E-state index < -0.39 is 0 Å². The van der Waals surface area contributed by atoms with E-state index in [0.717, 1.165) is 32.1 Å². The van der Waals surface area contributed by atoms with Gasteiger partial charge in [0, 0.05) is 18.5 Å². The zero-order chi connectivity index (χ0) is 11.4. The molecule has 0 radical (unpaired) electrons. The molecule has 2 fully saturated rings. The number of nitrogens with one attached hydrogen (secondary N) is 2. The van der Waals surface area contributed by atoms with Gasteiger partial charge in [-0.3, -0.25) is 0 Å². The van der Waals surface area contributed by atoms with Gasteiger partial charge in [-0.25, -0.2) is 4.79 Å². The normalized spacial score (nSPS) is 30.6. The molecule has 16 heavy (non-hydrogen) atoms. The molecule has 0 aromatic rings. The van der Waals surface area contributed by atoms with Gasteiger partial charge in [-0.05, 0) is 25.7 Å². The summed E-state index contributed by atoms with van der Waals surface area (Å²) in [6.45, 7) is 0.611.